The third kappa shape index (κ3) is 4.03. The number of aryl methyl sites for hydroxylation is 1. The molecule has 1 aromatic rings. The zero-order chi connectivity index (χ0) is 12.8. The molecular weight excluding hydrogens is 244 g/mol. The van der Waals surface area contributed by atoms with Crippen LogP contribution in [-0.4, -0.2) is 30.8 Å². The lowest BCUT2D eigenvalue weighted by Gasteiger charge is -2.10. The number of benzene rings is 1. The average Bonchev–Trinajstić information content (AvgIpc) is 2.90. The van der Waals surface area contributed by atoms with E-state index in [9.17, 15) is 4.79 Å². The van der Waals surface area contributed by atoms with Crippen molar-refractivity contribution in [2.75, 3.05) is 18.8 Å². The zero-order valence-corrected chi connectivity index (χ0v) is 11.6. The van der Waals surface area contributed by atoms with Crippen molar-refractivity contribution in [1.82, 2.24) is 10.6 Å². The molecule has 0 aliphatic carbocycles. The Bertz CT molecular complexity index is 385. The highest BCUT2D eigenvalue weighted by atomic mass is 32.2. The summed E-state index contributed by atoms with van der Waals surface area (Å²) < 4.78 is 0. The van der Waals surface area contributed by atoms with Gasteiger partial charge < -0.3 is 10.6 Å². The maximum atomic E-state index is 11.7. The molecule has 2 rings (SSSR count). The summed E-state index contributed by atoms with van der Waals surface area (Å²) >= 11 is 1.78. The molecule has 0 radical (unpaired) electrons. The van der Waals surface area contributed by atoms with Crippen LogP contribution in [0.15, 0.2) is 29.2 Å². The lowest BCUT2D eigenvalue weighted by Crippen LogP contribution is -2.41. The highest BCUT2D eigenvalue weighted by Crippen LogP contribution is 2.17. The van der Waals surface area contributed by atoms with Crippen LogP contribution in [0.3, 0.4) is 0 Å². The molecule has 1 fully saturated rings. The number of thioether (sulfide) groups is 1. The molecule has 1 heterocycles. The van der Waals surface area contributed by atoms with Crippen LogP contribution in [-0.2, 0) is 4.79 Å². The van der Waals surface area contributed by atoms with Crippen LogP contribution in [0, 0.1) is 6.92 Å². The molecule has 18 heavy (non-hydrogen) atoms. The molecule has 1 aliphatic heterocycles. The molecule has 0 saturated carbocycles. The van der Waals surface area contributed by atoms with Crippen LogP contribution in [0.2, 0.25) is 0 Å². The van der Waals surface area contributed by atoms with Gasteiger partial charge in [0.1, 0.15) is 0 Å². The van der Waals surface area contributed by atoms with Crippen LogP contribution in [0.4, 0.5) is 0 Å². The van der Waals surface area contributed by atoms with Gasteiger partial charge in [0, 0.05) is 17.2 Å². The van der Waals surface area contributed by atoms with E-state index in [0.717, 1.165) is 31.7 Å². The van der Waals surface area contributed by atoms with E-state index in [2.05, 4.69) is 41.8 Å². The minimum atomic E-state index is 0.0365. The quantitative estimate of drug-likeness (QED) is 0.631. The Morgan fingerprint density at radius 2 is 2.22 bits per heavy atom. The van der Waals surface area contributed by atoms with Crippen molar-refractivity contribution in [2.45, 2.75) is 30.7 Å². The van der Waals surface area contributed by atoms with E-state index >= 15 is 0 Å². The predicted octanol–water partition coefficient (Wildman–Crippen LogP) is 1.96. The predicted molar refractivity (Wildman–Crippen MR) is 75.9 cm³/mol. The number of carbonyl (C=O) groups excluding carboxylic acids is 1. The number of rotatable bonds is 5. The Balaban J connectivity index is 1.63. The Labute approximate surface area is 113 Å². The summed E-state index contributed by atoms with van der Waals surface area (Å²) in [6.45, 7) is 3.79. The molecule has 1 amide bonds. The molecule has 98 valence electrons. The Hall–Kier alpha value is -1.00. The minimum absolute atomic E-state index is 0.0365. The van der Waals surface area contributed by atoms with E-state index in [0.29, 0.717) is 0 Å². The van der Waals surface area contributed by atoms with Crippen molar-refractivity contribution in [3.05, 3.63) is 29.8 Å². The second-order valence-corrected chi connectivity index (χ2v) is 5.77. The van der Waals surface area contributed by atoms with E-state index < -0.39 is 0 Å². The molecular formula is C14H20N2OS. The van der Waals surface area contributed by atoms with Crippen molar-refractivity contribution in [1.29, 1.82) is 0 Å². The van der Waals surface area contributed by atoms with Gasteiger partial charge in [0.2, 0.25) is 5.91 Å². The average molecular weight is 264 g/mol. The lowest BCUT2D eigenvalue weighted by molar-refractivity contribution is -0.122. The number of hydrogen-bond acceptors (Lipinski definition) is 3. The van der Waals surface area contributed by atoms with Gasteiger partial charge in [-0.25, -0.2) is 0 Å². The second-order valence-electron chi connectivity index (χ2n) is 4.60. The monoisotopic (exact) mass is 264 g/mol. The lowest BCUT2D eigenvalue weighted by atomic mass is 10.2. The maximum Gasteiger partial charge on any atom is 0.237 e. The largest absolute Gasteiger partial charge is 0.354 e. The van der Waals surface area contributed by atoms with E-state index in [-0.39, 0.29) is 11.9 Å². The summed E-state index contributed by atoms with van der Waals surface area (Å²) in [6, 6.07) is 8.52. The second kappa shape index (κ2) is 6.81. The number of amides is 1. The maximum absolute atomic E-state index is 11.7. The highest BCUT2D eigenvalue weighted by Gasteiger charge is 2.20. The topological polar surface area (TPSA) is 41.1 Å². The molecule has 1 saturated heterocycles. The molecule has 0 spiro atoms. The summed E-state index contributed by atoms with van der Waals surface area (Å²) in [6.07, 6.45) is 2.08. The zero-order valence-electron chi connectivity index (χ0n) is 10.7. The SMILES string of the molecule is Cc1ccc(SCCNC(=O)C2CCCN2)cc1. The molecule has 1 aromatic carbocycles. The number of carbonyl (C=O) groups is 1. The molecule has 3 nitrogen and oxygen atoms in total. The van der Waals surface area contributed by atoms with Crippen molar-refractivity contribution in [2.24, 2.45) is 0 Å². The fourth-order valence-corrected chi connectivity index (χ4v) is 2.78. The molecule has 1 atom stereocenters. The minimum Gasteiger partial charge on any atom is -0.354 e. The first-order valence-corrected chi connectivity index (χ1v) is 7.45. The summed E-state index contributed by atoms with van der Waals surface area (Å²) in [7, 11) is 0. The Kier molecular flexibility index (Phi) is 5.08. The van der Waals surface area contributed by atoms with Gasteiger partial charge in [-0.3, -0.25) is 4.79 Å². The van der Waals surface area contributed by atoms with Gasteiger partial charge in [-0.05, 0) is 38.4 Å². The summed E-state index contributed by atoms with van der Waals surface area (Å²) in [5, 5.41) is 6.19. The van der Waals surface area contributed by atoms with Gasteiger partial charge >= 0.3 is 0 Å². The summed E-state index contributed by atoms with van der Waals surface area (Å²) in [4.78, 5) is 13.0. The first-order chi connectivity index (χ1) is 8.75. The Morgan fingerprint density at radius 1 is 1.44 bits per heavy atom. The molecule has 1 unspecified atom stereocenters. The van der Waals surface area contributed by atoms with E-state index in [1.807, 2.05) is 0 Å². The molecule has 0 aromatic heterocycles. The Morgan fingerprint density at radius 3 is 2.89 bits per heavy atom. The van der Waals surface area contributed by atoms with Crippen molar-refractivity contribution >= 4 is 17.7 Å². The standard InChI is InChI=1S/C14H20N2OS/c1-11-4-6-12(7-5-11)18-10-9-16-14(17)13-3-2-8-15-13/h4-7,13,15H,2-3,8-10H2,1H3,(H,16,17). The van der Waals surface area contributed by atoms with E-state index in [1.165, 1.54) is 10.5 Å². The third-order valence-electron chi connectivity index (χ3n) is 3.07. The fourth-order valence-electron chi connectivity index (χ4n) is 2.01. The molecule has 0 bridgehead atoms. The molecule has 4 heteroatoms. The number of nitrogens with one attached hydrogen (secondary N) is 2. The van der Waals surface area contributed by atoms with Gasteiger partial charge in [0.15, 0.2) is 0 Å². The van der Waals surface area contributed by atoms with Gasteiger partial charge in [-0.15, -0.1) is 11.8 Å². The van der Waals surface area contributed by atoms with Crippen LogP contribution in [0.25, 0.3) is 0 Å². The number of hydrogen-bond donors (Lipinski definition) is 2. The van der Waals surface area contributed by atoms with E-state index in [4.69, 9.17) is 0 Å². The van der Waals surface area contributed by atoms with Crippen LogP contribution >= 0.6 is 11.8 Å². The van der Waals surface area contributed by atoms with Gasteiger partial charge in [0.25, 0.3) is 0 Å². The third-order valence-corrected chi connectivity index (χ3v) is 4.08. The fraction of sp³-hybridized carbons (Fsp3) is 0.500. The van der Waals surface area contributed by atoms with Crippen molar-refractivity contribution < 1.29 is 4.79 Å². The summed E-state index contributed by atoms with van der Waals surface area (Å²) in [5.41, 5.74) is 1.28. The van der Waals surface area contributed by atoms with Crippen LogP contribution in [0.5, 0.6) is 0 Å². The van der Waals surface area contributed by atoms with Crippen molar-refractivity contribution in [3.63, 3.8) is 0 Å². The van der Waals surface area contributed by atoms with Gasteiger partial charge in [0.05, 0.1) is 6.04 Å². The van der Waals surface area contributed by atoms with Gasteiger partial charge in [-0.1, -0.05) is 17.7 Å². The summed E-state index contributed by atoms with van der Waals surface area (Å²) in [5.74, 6) is 1.07. The molecule has 1 aliphatic rings. The molecule has 2 N–H and O–H groups in total. The first-order valence-electron chi connectivity index (χ1n) is 6.46. The first kappa shape index (κ1) is 13.4. The highest BCUT2D eigenvalue weighted by molar-refractivity contribution is 7.99. The normalized spacial score (nSPS) is 18.8. The van der Waals surface area contributed by atoms with Crippen LogP contribution < -0.4 is 10.6 Å². The van der Waals surface area contributed by atoms with E-state index in [1.54, 1.807) is 11.8 Å². The van der Waals surface area contributed by atoms with Gasteiger partial charge in [-0.2, -0.15) is 0 Å². The van der Waals surface area contributed by atoms with Crippen LogP contribution in [0.1, 0.15) is 18.4 Å². The van der Waals surface area contributed by atoms with Crippen molar-refractivity contribution in [3.8, 4) is 0 Å². The smallest absolute Gasteiger partial charge is 0.237 e.